The molecule has 1 saturated heterocycles. The third-order valence-corrected chi connectivity index (χ3v) is 5.20. The molecule has 0 spiro atoms. The number of hydrogen-bond donors (Lipinski definition) is 1. The molecule has 1 unspecified atom stereocenters. The predicted molar refractivity (Wildman–Crippen MR) is 123 cm³/mol. The van der Waals surface area contributed by atoms with Crippen LogP contribution in [-0.2, 0) is 9.53 Å². The molecule has 34 heavy (non-hydrogen) atoms. The van der Waals surface area contributed by atoms with Crippen molar-refractivity contribution in [2.45, 2.75) is 18.9 Å². The fraction of sp³-hybridized carbons (Fsp3) is 0.320. The van der Waals surface area contributed by atoms with E-state index in [1.54, 1.807) is 24.3 Å². The molecule has 0 radical (unpaired) electrons. The number of esters is 1. The summed E-state index contributed by atoms with van der Waals surface area (Å²) in [4.78, 5) is 25.0. The van der Waals surface area contributed by atoms with E-state index >= 15 is 0 Å². The fourth-order valence-electron chi connectivity index (χ4n) is 3.40. The van der Waals surface area contributed by atoms with E-state index in [1.807, 2.05) is 6.07 Å². The molecule has 0 saturated carbocycles. The van der Waals surface area contributed by atoms with Crippen LogP contribution in [0.5, 0.6) is 23.0 Å². The van der Waals surface area contributed by atoms with Gasteiger partial charge in [-0.1, -0.05) is 6.07 Å². The lowest BCUT2D eigenvalue weighted by Crippen LogP contribution is -2.32. The summed E-state index contributed by atoms with van der Waals surface area (Å²) in [6, 6.07) is 11.3. The van der Waals surface area contributed by atoms with Gasteiger partial charge in [0.15, 0.2) is 23.0 Å². The van der Waals surface area contributed by atoms with Crippen LogP contribution in [0.3, 0.4) is 0 Å². The van der Waals surface area contributed by atoms with Crippen LogP contribution in [0.2, 0.25) is 0 Å². The molecule has 0 aromatic heterocycles. The van der Waals surface area contributed by atoms with E-state index in [-0.39, 0.29) is 28.7 Å². The minimum atomic E-state index is -0.617. The van der Waals surface area contributed by atoms with E-state index in [0.717, 1.165) is 12.8 Å². The topological polar surface area (TPSA) is 116 Å². The van der Waals surface area contributed by atoms with E-state index in [1.165, 1.54) is 39.5 Å². The van der Waals surface area contributed by atoms with Gasteiger partial charge in [0.2, 0.25) is 0 Å². The molecule has 1 aliphatic heterocycles. The largest absolute Gasteiger partial charge is 0.493 e. The van der Waals surface area contributed by atoms with E-state index < -0.39 is 11.9 Å². The summed E-state index contributed by atoms with van der Waals surface area (Å²) in [5, 5.41) is 12.1. The summed E-state index contributed by atoms with van der Waals surface area (Å²) in [5.41, 5.74) is 0.736. The normalized spacial score (nSPS) is 15.2. The highest BCUT2D eigenvalue weighted by atomic mass is 16.6. The van der Waals surface area contributed by atoms with Crippen LogP contribution in [-0.4, -0.2) is 52.5 Å². The van der Waals surface area contributed by atoms with Crippen LogP contribution in [0, 0.1) is 11.3 Å². The van der Waals surface area contributed by atoms with E-state index in [0.29, 0.717) is 30.2 Å². The Kier molecular flexibility index (Phi) is 8.48. The first kappa shape index (κ1) is 24.6. The number of nitrogens with zero attached hydrogens (tertiary/aromatic N) is 1. The molecule has 178 valence electrons. The smallest absolute Gasteiger partial charge is 0.343 e. The molecule has 1 heterocycles. The van der Waals surface area contributed by atoms with Gasteiger partial charge in [-0.3, -0.25) is 4.79 Å². The average Bonchev–Trinajstić information content (AvgIpc) is 3.39. The second kappa shape index (κ2) is 11.7. The van der Waals surface area contributed by atoms with Gasteiger partial charge in [0.25, 0.3) is 5.91 Å². The number of carbonyl (C=O) groups excluding carboxylic acids is 2. The second-order valence-electron chi connectivity index (χ2n) is 7.38. The molecule has 0 aliphatic carbocycles. The third kappa shape index (κ3) is 6.05. The molecular weight excluding hydrogens is 440 g/mol. The Hall–Kier alpha value is -4.03. The van der Waals surface area contributed by atoms with Gasteiger partial charge in [-0.2, -0.15) is 5.26 Å². The molecule has 1 amide bonds. The van der Waals surface area contributed by atoms with Crippen molar-refractivity contribution in [1.29, 1.82) is 5.26 Å². The van der Waals surface area contributed by atoms with Gasteiger partial charge in [0, 0.05) is 13.2 Å². The van der Waals surface area contributed by atoms with Gasteiger partial charge in [-0.25, -0.2) is 4.79 Å². The second-order valence-corrected chi connectivity index (χ2v) is 7.38. The number of methoxy groups -OCH3 is 3. The lowest BCUT2D eigenvalue weighted by Gasteiger charge is -2.12. The first-order chi connectivity index (χ1) is 16.5. The van der Waals surface area contributed by atoms with Gasteiger partial charge in [0.1, 0.15) is 11.6 Å². The molecule has 0 bridgehead atoms. The first-order valence-corrected chi connectivity index (χ1v) is 10.6. The van der Waals surface area contributed by atoms with E-state index in [4.69, 9.17) is 23.7 Å². The summed E-state index contributed by atoms with van der Waals surface area (Å²) >= 11 is 0. The van der Waals surface area contributed by atoms with Crippen LogP contribution in [0.25, 0.3) is 6.08 Å². The lowest BCUT2D eigenvalue weighted by molar-refractivity contribution is -0.117. The van der Waals surface area contributed by atoms with Crippen molar-refractivity contribution < 1.29 is 33.3 Å². The molecule has 2 aromatic carbocycles. The average molecular weight is 466 g/mol. The number of ether oxygens (including phenoxy) is 5. The van der Waals surface area contributed by atoms with Crippen LogP contribution < -0.4 is 24.3 Å². The molecule has 1 fully saturated rings. The monoisotopic (exact) mass is 466 g/mol. The van der Waals surface area contributed by atoms with E-state index in [9.17, 15) is 14.9 Å². The van der Waals surface area contributed by atoms with Crippen molar-refractivity contribution in [3.05, 3.63) is 53.1 Å². The Bertz CT molecular complexity index is 1110. The minimum Gasteiger partial charge on any atom is -0.493 e. The molecule has 3 rings (SSSR count). The maximum atomic E-state index is 12.6. The van der Waals surface area contributed by atoms with Crippen LogP contribution in [0.1, 0.15) is 28.8 Å². The summed E-state index contributed by atoms with van der Waals surface area (Å²) in [7, 11) is 4.40. The Balaban J connectivity index is 1.73. The summed E-state index contributed by atoms with van der Waals surface area (Å²) in [6.07, 6.45) is 3.26. The molecule has 1 atom stereocenters. The number of nitrogens with one attached hydrogen (secondary N) is 1. The van der Waals surface area contributed by atoms with Crippen molar-refractivity contribution in [2.24, 2.45) is 0 Å². The zero-order chi connectivity index (χ0) is 24.5. The molecule has 1 N–H and O–H groups in total. The number of hydrogen-bond acceptors (Lipinski definition) is 8. The number of rotatable bonds is 9. The molecule has 1 aliphatic rings. The van der Waals surface area contributed by atoms with Gasteiger partial charge < -0.3 is 29.0 Å². The molecule has 9 nitrogen and oxygen atoms in total. The predicted octanol–water partition coefficient (Wildman–Crippen LogP) is 3.13. The lowest BCUT2D eigenvalue weighted by atomic mass is 10.1. The van der Waals surface area contributed by atoms with Crippen molar-refractivity contribution in [1.82, 2.24) is 5.32 Å². The van der Waals surface area contributed by atoms with Gasteiger partial charge in [-0.15, -0.1) is 0 Å². The van der Waals surface area contributed by atoms with Crippen LogP contribution in [0.4, 0.5) is 0 Å². The zero-order valence-corrected chi connectivity index (χ0v) is 19.3. The fourth-order valence-corrected chi connectivity index (χ4v) is 3.40. The van der Waals surface area contributed by atoms with Crippen molar-refractivity contribution in [2.75, 3.05) is 34.5 Å². The number of amides is 1. The van der Waals surface area contributed by atoms with Gasteiger partial charge >= 0.3 is 5.97 Å². The Morgan fingerprint density at radius 3 is 2.41 bits per heavy atom. The quantitative estimate of drug-likeness (QED) is 0.259. The van der Waals surface area contributed by atoms with Crippen LogP contribution in [0.15, 0.2) is 42.0 Å². The SMILES string of the molecule is COc1ccc(C(=O)Oc2ccc(/C=C(/C#N)C(=O)NCC3CCCO3)cc2OC)cc1OC. The van der Waals surface area contributed by atoms with Crippen molar-refractivity contribution in [3.63, 3.8) is 0 Å². The maximum Gasteiger partial charge on any atom is 0.343 e. The van der Waals surface area contributed by atoms with E-state index in [2.05, 4.69) is 5.32 Å². The highest BCUT2D eigenvalue weighted by Gasteiger charge is 2.19. The highest BCUT2D eigenvalue weighted by molar-refractivity contribution is 6.01. The number of benzene rings is 2. The van der Waals surface area contributed by atoms with Gasteiger partial charge in [-0.05, 0) is 54.8 Å². The maximum absolute atomic E-state index is 12.6. The van der Waals surface area contributed by atoms with Crippen LogP contribution >= 0.6 is 0 Å². The zero-order valence-electron chi connectivity index (χ0n) is 19.3. The standard InChI is InChI=1S/C25H26N2O7/c1-30-20-9-7-17(13-23(20)32-3)25(29)34-21-8-6-16(12-22(21)31-2)11-18(14-26)24(28)27-15-19-5-4-10-33-19/h6-9,11-13,19H,4-5,10,15H2,1-3H3,(H,27,28)/b18-11-. The molecule has 2 aromatic rings. The third-order valence-electron chi connectivity index (χ3n) is 5.20. The van der Waals surface area contributed by atoms with Crippen molar-refractivity contribution in [3.8, 4) is 29.1 Å². The minimum absolute atomic E-state index is 0.0244. The molecular formula is C25H26N2O7. The van der Waals surface area contributed by atoms with Gasteiger partial charge in [0.05, 0.1) is 33.0 Å². The Labute approximate surface area is 197 Å². The molecule has 9 heteroatoms. The number of carbonyl (C=O) groups is 2. The first-order valence-electron chi connectivity index (χ1n) is 10.6. The Morgan fingerprint density at radius 2 is 1.76 bits per heavy atom. The highest BCUT2D eigenvalue weighted by Crippen LogP contribution is 2.31. The summed E-state index contributed by atoms with van der Waals surface area (Å²) in [5.74, 6) is 0.224. The number of nitriles is 1. The summed E-state index contributed by atoms with van der Waals surface area (Å²) in [6.45, 7) is 1.04. The Morgan fingerprint density at radius 1 is 1.06 bits per heavy atom. The van der Waals surface area contributed by atoms with Crippen molar-refractivity contribution >= 4 is 18.0 Å². The summed E-state index contributed by atoms with van der Waals surface area (Å²) < 4.78 is 26.7.